The van der Waals surface area contributed by atoms with Crippen molar-refractivity contribution in [2.75, 3.05) is 6.23 Å². The van der Waals surface area contributed by atoms with Crippen LogP contribution in [0.3, 0.4) is 0 Å². The fourth-order valence-corrected chi connectivity index (χ4v) is 1.64. The fourth-order valence-electron chi connectivity index (χ4n) is 0.830. The molecule has 0 aliphatic carbocycles. The highest BCUT2D eigenvalue weighted by Crippen LogP contribution is 2.08. The zero-order valence-electron chi connectivity index (χ0n) is 6.71. The zero-order valence-corrected chi connectivity index (χ0v) is 10.9. The number of halogens is 1. The van der Waals surface area contributed by atoms with Gasteiger partial charge in [0, 0.05) is 3.57 Å². The van der Waals surface area contributed by atoms with Crippen molar-refractivity contribution in [1.29, 1.82) is 0 Å². The van der Waals surface area contributed by atoms with Gasteiger partial charge >= 0.3 is 5.97 Å². The maximum atomic E-state index is 11.2. The van der Waals surface area contributed by atoms with Crippen molar-refractivity contribution in [2.45, 2.75) is 0 Å². The van der Waals surface area contributed by atoms with E-state index in [9.17, 15) is 4.79 Å². The monoisotopic (exact) mass is 292 g/mol. The number of esters is 1. The van der Waals surface area contributed by atoms with Gasteiger partial charge in [0.25, 0.3) is 0 Å². The maximum absolute atomic E-state index is 11.2. The number of hydrogen-bond acceptors (Lipinski definition) is 2. The first kappa shape index (κ1) is 9.72. The van der Waals surface area contributed by atoms with Crippen LogP contribution >= 0.6 is 22.6 Å². The van der Waals surface area contributed by atoms with E-state index in [1.165, 1.54) is 0 Å². The van der Waals surface area contributed by atoms with Gasteiger partial charge in [-0.1, -0.05) is 6.07 Å². The molecule has 1 aromatic rings. The predicted molar refractivity (Wildman–Crippen MR) is 59.4 cm³/mol. The molecule has 64 valence electrons. The van der Waals surface area contributed by atoms with Crippen molar-refractivity contribution in [3.05, 3.63) is 33.4 Å². The van der Waals surface area contributed by atoms with E-state index in [2.05, 4.69) is 22.6 Å². The van der Waals surface area contributed by atoms with Gasteiger partial charge in [0.05, 0.1) is 22.0 Å². The summed E-state index contributed by atoms with van der Waals surface area (Å²) in [6.07, 6.45) is 0.560. The summed E-state index contributed by atoms with van der Waals surface area (Å²) < 4.78 is 5.95. The molecule has 0 bridgehead atoms. The van der Waals surface area contributed by atoms with Crippen LogP contribution in [-0.4, -0.2) is 22.4 Å². The van der Waals surface area contributed by atoms with Gasteiger partial charge in [-0.05, 0) is 40.8 Å². The predicted octanol–water partition coefficient (Wildman–Crippen LogP) is 0.771. The van der Waals surface area contributed by atoms with Crippen LogP contribution in [-0.2, 0) is 4.74 Å². The molecule has 0 radical (unpaired) electrons. The third-order valence-corrected chi connectivity index (χ3v) is 2.30. The number of carbonyl (C=O) groups excluding carboxylic acids is 1. The van der Waals surface area contributed by atoms with E-state index in [0.717, 1.165) is 13.8 Å². The topological polar surface area (TPSA) is 26.3 Å². The summed E-state index contributed by atoms with van der Waals surface area (Å²) in [7, 11) is 0.891. The number of carbonyl (C=O) groups is 1. The quantitative estimate of drug-likeness (QED) is 0.457. The van der Waals surface area contributed by atoms with Crippen LogP contribution in [0.4, 0.5) is 0 Å². The number of ether oxygens (including phenoxy) is 1. The molecule has 4 heteroatoms. The fraction of sp³-hybridized carbons (Fsp3) is 0.125. The normalized spacial score (nSPS) is 9.75. The van der Waals surface area contributed by atoms with E-state index in [1.807, 2.05) is 18.2 Å². The van der Waals surface area contributed by atoms with E-state index >= 15 is 0 Å². The molecular weight excluding hydrogens is 283 g/mol. The molecule has 2 nitrogen and oxygen atoms in total. The standard InChI is InChI=1S/C8H9IO2Si/c9-7-3-1-2-6(4-7)8(10)11-5-12/h1-4H,5H2,12H3. The first-order chi connectivity index (χ1) is 5.74. The van der Waals surface area contributed by atoms with Gasteiger partial charge in [0.2, 0.25) is 0 Å². The Kier molecular flexibility index (Phi) is 3.74. The Balaban J connectivity index is 2.81. The smallest absolute Gasteiger partial charge is 0.337 e. The molecule has 0 heterocycles. The molecule has 0 aliphatic rings. The van der Waals surface area contributed by atoms with Crippen LogP contribution in [0.15, 0.2) is 24.3 Å². The summed E-state index contributed by atoms with van der Waals surface area (Å²) in [6, 6.07) is 7.38. The highest BCUT2D eigenvalue weighted by molar-refractivity contribution is 14.1. The van der Waals surface area contributed by atoms with Crippen molar-refractivity contribution in [1.82, 2.24) is 0 Å². The number of hydrogen-bond donors (Lipinski definition) is 0. The average Bonchev–Trinajstić information content (AvgIpc) is 2.05. The maximum Gasteiger partial charge on any atom is 0.337 e. The Morgan fingerprint density at radius 1 is 1.58 bits per heavy atom. The molecule has 0 aromatic heterocycles. The van der Waals surface area contributed by atoms with Gasteiger partial charge in [0.1, 0.15) is 0 Å². The van der Waals surface area contributed by atoms with Crippen LogP contribution in [0.5, 0.6) is 0 Å². The second-order valence-electron chi connectivity index (χ2n) is 2.23. The van der Waals surface area contributed by atoms with Gasteiger partial charge in [-0.25, -0.2) is 4.79 Å². The molecular formula is C8H9IO2Si. The molecule has 0 amide bonds. The number of benzene rings is 1. The molecule has 0 saturated carbocycles. The van der Waals surface area contributed by atoms with Crippen LogP contribution in [0, 0.1) is 3.57 Å². The Hall–Kier alpha value is -0.363. The van der Waals surface area contributed by atoms with Gasteiger partial charge in [0.15, 0.2) is 0 Å². The molecule has 0 N–H and O–H groups in total. The van der Waals surface area contributed by atoms with E-state index in [0.29, 0.717) is 11.8 Å². The third kappa shape index (κ3) is 2.60. The minimum atomic E-state index is -0.219. The van der Waals surface area contributed by atoms with Crippen molar-refractivity contribution in [3.8, 4) is 0 Å². The highest BCUT2D eigenvalue weighted by Gasteiger charge is 2.04. The van der Waals surface area contributed by atoms with E-state index in [-0.39, 0.29) is 5.97 Å². The molecule has 12 heavy (non-hydrogen) atoms. The van der Waals surface area contributed by atoms with Crippen molar-refractivity contribution in [3.63, 3.8) is 0 Å². The molecule has 0 atom stereocenters. The lowest BCUT2D eigenvalue weighted by Gasteiger charge is -2.00. The van der Waals surface area contributed by atoms with Crippen LogP contribution < -0.4 is 0 Å². The lowest BCUT2D eigenvalue weighted by atomic mass is 10.2. The second kappa shape index (κ2) is 4.61. The lowest BCUT2D eigenvalue weighted by Crippen LogP contribution is -2.05. The van der Waals surface area contributed by atoms with Gasteiger partial charge < -0.3 is 4.74 Å². The Labute approximate surface area is 87.9 Å². The first-order valence-corrected chi connectivity index (χ1v) is 6.16. The van der Waals surface area contributed by atoms with E-state index < -0.39 is 0 Å². The largest absolute Gasteiger partial charge is 0.467 e. The second-order valence-corrected chi connectivity index (χ2v) is 4.05. The van der Waals surface area contributed by atoms with Crippen LogP contribution in [0.2, 0.25) is 0 Å². The van der Waals surface area contributed by atoms with Gasteiger partial charge in [-0.3, -0.25) is 0 Å². The van der Waals surface area contributed by atoms with E-state index in [1.54, 1.807) is 6.07 Å². The molecule has 0 aliphatic heterocycles. The van der Waals surface area contributed by atoms with E-state index in [4.69, 9.17) is 4.74 Å². The molecule has 1 rings (SSSR count). The minimum absolute atomic E-state index is 0.219. The molecule has 0 unspecified atom stereocenters. The minimum Gasteiger partial charge on any atom is -0.467 e. The van der Waals surface area contributed by atoms with Crippen molar-refractivity contribution < 1.29 is 9.53 Å². The molecule has 0 spiro atoms. The molecule has 1 aromatic carbocycles. The highest BCUT2D eigenvalue weighted by atomic mass is 127. The summed E-state index contributed by atoms with van der Waals surface area (Å²) >= 11 is 2.17. The zero-order chi connectivity index (χ0) is 8.97. The Bertz CT molecular complexity index is 288. The molecule has 0 saturated heterocycles. The average molecular weight is 292 g/mol. The SMILES string of the molecule is O=C(OC[SiH3])c1cccc(I)c1. The first-order valence-electron chi connectivity index (χ1n) is 3.66. The van der Waals surface area contributed by atoms with Crippen molar-refractivity contribution >= 4 is 38.8 Å². The summed E-state index contributed by atoms with van der Waals surface area (Å²) in [5, 5.41) is 0. The van der Waals surface area contributed by atoms with Crippen LogP contribution in [0.1, 0.15) is 10.4 Å². The summed E-state index contributed by atoms with van der Waals surface area (Å²) in [4.78, 5) is 11.2. The van der Waals surface area contributed by atoms with Crippen molar-refractivity contribution in [2.24, 2.45) is 0 Å². The molecule has 0 fully saturated rings. The number of rotatable bonds is 2. The van der Waals surface area contributed by atoms with Crippen LogP contribution in [0.25, 0.3) is 0 Å². The summed E-state index contributed by atoms with van der Waals surface area (Å²) in [5.74, 6) is -0.219. The summed E-state index contributed by atoms with van der Waals surface area (Å²) in [6.45, 7) is 0. The Morgan fingerprint density at radius 3 is 2.92 bits per heavy atom. The van der Waals surface area contributed by atoms with Gasteiger partial charge in [-0.15, -0.1) is 0 Å². The third-order valence-electron chi connectivity index (χ3n) is 1.34. The Morgan fingerprint density at radius 2 is 2.33 bits per heavy atom. The lowest BCUT2D eigenvalue weighted by molar-refractivity contribution is 0.0573. The summed E-state index contributed by atoms with van der Waals surface area (Å²) in [5.41, 5.74) is 0.637. The van der Waals surface area contributed by atoms with Gasteiger partial charge in [-0.2, -0.15) is 0 Å².